The number of fused-ring (bicyclic) bond motifs is 1. The number of hydrogen-bond acceptors (Lipinski definition) is 3. The third-order valence-electron chi connectivity index (χ3n) is 3.89. The highest BCUT2D eigenvalue weighted by atomic mass is 19.1. The molecular formula is C16H9FO3. The van der Waals surface area contributed by atoms with Crippen LogP contribution >= 0.6 is 0 Å². The zero-order valence-electron chi connectivity index (χ0n) is 10.3. The van der Waals surface area contributed by atoms with Crippen LogP contribution in [-0.2, 0) is 4.74 Å². The van der Waals surface area contributed by atoms with Crippen molar-refractivity contribution in [3.8, 4) is 0 Å². The highest BCUT2D eigenvalue weighted by Gasteiger charge is 2.72. The van der Waals surface area contributed by atoms with E-state index in [-0.39, 0.29) is 17.1 Å². The Bertz CT molecular complexity index is 731. The van der Waals surface area contributed by atoms with E-state index in [0.717, 1.165) is 0 Å². The first-order valence-electron chi connectivity index (χ1n) is 6.27. The second-order valence-corrected chi connectivity index (χ2v) is 4.96. The summed E-state index contributed by atoms with van der Waals surface area (Å²) in [6.45, 7) is 0. The summed E-state index contributed by atoms with van der Waals surface area (Å²) in [5.74, 6) is -1.20. The Balaban J connectivity index is 1.82. The van der Waals surface area contributed by atoms with Gasteiger partial charge < -0.3 is 4.74 Å². The van der Waals surface area contributed by atoms with Crippen molar-refractivity contribution in [1.29, 1.82) is 0 Å². The van der Waals surface area contributed by atoms with Crippen molar-refractivity contribution in [3.63, 3.8) is 0 Å². The number of rotatable bonds is 1. The average molecular weight is 268 g/mol. The number of Topliss-reactive ketones (excluding diaryl/α,β-unsaturated/α-hetero) is 2. The Morgan fingerprint density at radius 1 is 0.900 bits per heavy atom. The van der Waals surface area contributed by atoms with Crippen molar-refractivity contribution in [3.05, 3.63) is 71.0 Å². The molecule has 0 N–H and O–H groups in total. The number of carbonyl (C=O) groups is 2. The van der Waals surface area contributed by atoms with Crippen molar-refractivity contribution in [2.24, 2.45) is 0 Å². The van der Waals surface area contributed by atoms with Crippen LogP contribution in [0.15, 0.2) is 48.5 Å². The molecular weight excluding hydrogens is 259 g/mol. The predicted octanol–water partition coefficient (Wildman–Crippen LogP) is 2.72. The van der Waals surface area contributed by atoms with E-state index in [1.54, 1.807) is 36.4 Å². The lowest BCUT2D eigenvalue weighted by Gasteiger charge is -2.01. The maximum Gasteiger partial charge on any atom is 0.225 e. The molecule has 2 aromatic rings. The maximum absolute atomic E-state index is 13.8. The van der Waals surface area contributed by atoms with Gasteiger partial charge in [-0.3, -0.25) is 9.59 Å². The monoisotopic (exact) mass is 268 g/mol. The Labute approximate surface area is 114 Å². The number of ether oxygens (including phenoxy) is 1. The Kier molecular flexibility index (Phi) is 2.07. The molecule has 1 heterocycles. The molecule has 0 unspecified atom stereocenters. The lowest BCUT2D eigenvalue weighted by atomic mass is 9.94. The molecule has 1 spiro atoms. The van der Waals surface area contributed by atoms with E-state index in [1.807, 2.05) is 0 Å². The summed E-state index contributed by atoms with van der Waals surface area (Å²) in [7, 11) is 0. The third-order valence-corrected chi connectivity index (χ3v) is 3.89. The van der Waals surface area contributed by atoms with Gasteiger partial charge in [-0.2, -0.15) is 0 Å². The lowest BCUT2D eigenvalue weighted by molar-refractivity contribution is 0.0785. The molecule has 0 amide bonds. The fourth-order valence-corrected chi connectivity index (χ4v) is 2.85. The Morgan fingerprint density at radius 3 is 2.05 bits per heavy atom. The summed E-state index contributed by atoms with van der Waals surface area (Å²) >= 11 is 0. The molecule has 0 saturated carbocycles. The molecule has 1 aliphatic heterocycles. The smallest absolute Gasteiger partial charge is 0.225 e. The van der Waals surface area contributed by atoms with Crippen LogP contribution in [0.25, 0.3) is 0 Å². The molecule has 3 nitrogen and oxygen atoms in total. The van der Waals surface area contributed by atoms with Gasteiger partial charge >= 0.3 is 0 Å². The molecule has 4 rings (SSSR count). The molecule has 0 radical (unpaired) electrons. The first-order valence-corrected chi connectivity index (χ1v) is 6.27. The van der Waals surface area contributed by atoms with E-state index in [2.05, 4.69) is 0 Å². The van der Waals surface area contributed by atoms with Gasteiger partial charge in [-0.05, 0) is 6.07 Å². The van der Waals surface area contributed by atoms with Crippen LogP contribution < -0.4 is 0 Å². The fourth-order valence-electron chi connectivity index (χ4n) is 2.85. The molecule has 2 aliphatic rings. The lowest BCUT2D eigenvalue weighted by Crippen LogP contribution is -2.27. The molecule has 0 bridgehead atoms. The molecule has 1 aliphatic carbocycles. The van der Waals surface area contributed by atoms with Gasteiger partial charge in [0.1, 0.15) is 11.9 Å². The summed E-state index contributed by atoms with van der Waals surface area (Å²) in [6, 6.07) is 12.6. The minimum absolute atomic E-state index is 0.252. The van der Waals surface area contributed by atoms with Gasteiger partial charge in [-0.25, -0.2) is 4.39 Å². The quantitative estimate of drug-likeness (QED) is 0.590. The summed E-state index contributed by atoms with van der Waals surface area (Å²) in [4.78, 5) is 24.8. The van der Waals surface area contributed by atoms with E-state index in [9.17, 15) is 14.0 Å². The van der Waals surface area contributed by atoms with Crippen LogP contribution in [0.4, 0.5) is 4.39 Å². The van der Waals surface area contributed by atoms with E-state index >= 15 is 0 Å². The van der Waals surface area contributed by atoms with Crippen LogP contribution in [0.2, 0.25) is 0 Å². The van der Waals surface area contributed by atoms with Gasteiger partial charge in [-0.1, -0.05) is 42.5 Å². The highest BCUT2D eigenvalue weighted by Crippen LogP contribution is 2.57. The van der Waals surface area contributed by atoms with Crippen molar-refractivity contribution in [2.45, 2.75) is 11.7 Å². The van der Waals surface area contributed by atoms with Gasteiger partial charge in [-0.15, -0.1) is 0 Å². The van der Waals surface area contributed by atoms with Gasteiger partial charge in [0, 0.05) is 16.7 Å². The number of carbonyl (C=O) groups excluding carboxylic acids is 2. The van der Waals surface area contributed by atoms with E-state index in [0.29, 0.717) is 11.1 Å². The van der Waals surface area contributed by atoms with Gasteiger partial charge in [0.25, 0.3) is 0 Å². The third kappa shape index (κ3) is 1.22. The topological polar surface area (TPSA) is 46.7 Å². The number of ketones is 2. The van der Waals surface area contributed by atoms with Crippen LogP contribution in [0.1, 0.15) is 32.4 Å². The first kappa shape index (κ1) is 11.5. The number of hydrogen-bond donors (Lipinski definition) is 0. The van der Waals surface area contributed by atoms with Gasteiger partial charge in [0.15, 0.2) is 0 Å². The molecule has 2 aromatic carbocycles. The van der Waals surface area contributed by atoms with E-state index in [4.69, 9.17) is 4.74 Å². The SMILES string of the molecule is O=C1c2ccccc2C(=O)C12O[C@@H]2c1ccccc1F. The largest absolute Gasteiger partial charge is 0.344 e. The normalized spacial score (nSPS) is 22.1. The molecule has 20 heavy (non-hydrogen) atoms. The standard InChI is InChI=1S/C16H9FO3/c17-12-8-4-3-7-11(12)15-16(20-15)13(18)9-5-1-2-6-10(9)14(16)19/h1-8,15H/t15-/m1/s1. The van der Waals surface area contributed by atoms with E-state index < -0.39 is 17.5 Å². The minimum Gasteiger partial charge on any atom is -0.344 e. The number of benzene rings is 2. The summed E-state index contributed by atoms with van der Waals surface area (Å²) < 4.78 is 19.2. The maximum atomic E-state index is 13.8. The number of halogens is 1. The second-order valence-electron chi connectivity index (χ2n) is 4.96. The molecule has 98 valence electrons. The number of epoxide rings is 1. The fraction of sp³-hybridized carbons (Fsp3) is 0.125. The molecule has 1 saturated heterocycles. The second kappa shape index (κ2) is 3.61. The van der Waals surface area contributed by atoms with Crippen molar-refractivity contribution < 1.29 is 18.7 Å². The summed E-state index contributed by atoms with van der Waals surface area (Å²) in [5.41, 5.74) is -0.569. The minimum atomic E-state index is -1.54. The molecule has 4 heteroatoms. The average Bonchev–Trinajstić information content (AvgIpc) is 3.18. The highest BCUT2D eigenvalue weighted by molar-refractivity contribution is 6.34. The summed E-state index contributed by atoms with van der Waals surface area (Å²) in [5, 5.41) is 0. The van der Waals surface area contributed by atoms with Crippen LogP contribution in [0.5, 0.6) is 0 Å². The first-order chi connectivity index (χ1) is 9.66. The van der Waals surface area contributed by atoms with Crippen molar-refractivity contribution in [2.75, 3.05) is 0 Å². The van der Waals surface area contributed by atoms with Crippen LogP contribution in [-0.4, -0.2) is 17.2 Å². The Morgan fingerprint density at radius 2 is 1.45 bits per heavy atom. The zero-order chi connectivity index (χ0) is 13.9. The van der Waals surface area contributed by atoms with Crippen molar-refractivity contribution >= 4 is 11.6 Å². The molecule has 1 fully saturated rings. The van der Waals surface area contributed by atoms with E-state index in [1.165, 1.54) is 12.1 Å². The summed E-state index contributed by atoms with van der Waals surface area (Å²) in [6.07, 6.45) is -0.823. The van der Waals surface area contributed by atoms with Gasteiger partial charge in [0.05, 0.1) is 0 Å². The van der Waals surface area contributed by atoms with Crippen LogP contribution in [0.3, 0.4) is 0 Å². The predicted molar refractivity (Wildman–Crippen MR) is 68.1 cm³/mol. The molecule has 1 atom stereocenters. The molecule has 0 aromatic heterocycles. The van der Waals surface area contributed by atoms with Crippen molar-refractivity contribution in [1.82, 2.24) is 0 Å². The Hall–Kier alpha value is -2.33. The zero-order valence-corrected chi connectivity index (χ0v) is 10.3. The van der Waals surface area contributed by atoms with Gasteiger partial charge in [0.2, 0.25) is 17.2 Å². The van der Waals surface area contributed by atoms with Crippen LogP contribution in [0, 0.1) is 5.82 Å².